The van der Waals surface area contributed by atoms with Gasteiger partial charge in [0.1, 0.15) is 23.5 Å². The maximum Gasteiger partial charge on any atom is 0.419 e. The molecule has 0 N–H and O–H groups in total. The number of ether oxygens (including phenoxy) is 1. The molecule has 3 fully saturated rings. The van der Waals surface area contributed by atoms with Crippen LogP contribution in [0.3, 0.4) is 0 Å². The van der Waals surface area contributed by atoms with Gasteiger partial charge in [0, 0.05) is 19.2 Å². The van der Waals surface area contributed by atoms with Crippen molar-refractivity contribution in [2.75, 3.05) is 29.4 Å². The number of alkyl halides is 6. The van der Waals surface area contributed by atoms with Crippen molar-refractivity contribution in [3.63, 3.8) is 0 Å². The van der Waals surface area contributed by atoms with Gasteiger partial charge in [-0.05, 0) is 44.2 Å². The van der Waals surface area contributed by atoms with Gasteiger partial charge in [0.25, 0.3) is 5.91 Å². The Bertz CT molecular complexity index is 1340. The first-order valence-electron chi connectivity index (χ1n) is 12.6. The van der Waals surface area contributed by atoms with Gasteiger partial charge in [-0.15, -0.1) is 0 Å². The molecule has 1 spiro atoms. The summed E-state index contributed by atoms with van der Waals surface area (Å²) in [7, 11) is 0. The standard InChI is InChI=1S/C26H24F6N6O2/c1-16-37(18-11-20(26(30,31)32)21(12-33)34-14-18)23(39)24(7-2-8-24)38(16)17-3-4-22(35-13-17)40-19-5-9-36(10-6-19)15-25(27,28)29/h3-4,11,13-14,19H,1-2,5-10,15H2. The third-order valence-electron chi connectivity index (χ3n) is 7.47. The molecule has 0 atom stereocenters. The van der Waals surface area contributed by atoms with Crippen molar-refractivity contribution in [3.8, 4) is 11.9 Å². The van der Waals surface area contributed by atoms with E-state index in [1.165, 1.54) is 17.2 Å². The minimum Gasteiger partial charge on any atom is -0.474 e. The number of amides is 1. The number of pyridine rings is 2. The van der Waals surface area contributed by atoms with Crippen molar-refractivity contribution in [3.05, 3.63) is 54.3 Å². The van der Waals surface area contributed by atoms with Crippen LogP contribution in [0.25, 0.3) is 0 Å². The summed E-state index contributed by atoms with van der Waals surface area (Å²) in [5.74, 6) is -0.0639. The average molecular weight is 567 g/mol. The summed E-state index contributed by atoms with van der Waals surface area (Å²) < 4.78 is 84.4. The van der Waals surface area contributed by atoms with E-state index in [1.54, 1.807) is 17.0 Å². The molecule has 14 heteroatoms. The molecule has 2 aliphatic heterocycles. The lowest BCUT2D eigenvalue weighted by atomic mass is 9.75. The van der Waals surface area contributed by atoms with Gasteiger partial charge in [0.15, 0.2) is 5.69 Å². The number of carbonyl (C=O) groups is 1. The van der Waals surface area contributed by atoms with Gasteiger partial charge >= 0.3 is 12.4 Å². The van der Waals surface area contributed by atoms with Crippen LogP contribution in [0.1, 0.15) is 43.4 Å². The van der Waals surface area contributed by atoms with Gasteiger partial charge in [0.2, 0.25) is 5.88 Å². The van der Waals surface area contributed by atoms with Crippen LogP contribution in [0, 0.1) is 11.3 Å². The number of halogens is 6. The quantitative estimate of drug-likeness (QED) is 0.470. The lowest BCUT2D eigenvalue weighted by Crippen LogP contribution is -2.54. The van der Waals surface area contributed by atoms with Crippen LogP contribution in [0.15, 0.2) is 43.0 Å². The van der Waals surface area contributed by atoms with Crippen molar-refractivity contribution in [2.45, 2.75) is 56.1 Å². The number of carbonyl (C=O) groups excluding carboxylic acids is 1. The number of aromatic nitrogens is 2. The minimum absolute atomic E-state index is 0.122. The number of piperidine rings is 1. The Morgan fingerprint density at radius 2 is 1.75 bits per heavy atom. The van der Waals surface area contributed by atoms with E-state index in [0.29, 0.717) is 31.4 Å². The zero-order valence-electron chi connectivity index (χ0n) is 21.1. The van der Waals surface area contributed by atoms with Crippen molar-refractivity contribution in [2.24, 2.45) is 0 Å². The fourth-order valence-corrected chi connectivity index (χ4v) is 5.44. The molecular weight excluding hydrogens is 542 g/mol. The zero-order chi connectivity index (χ0) is 28.9. The number of likely N-dealkylation sites (tertiary alicyclic amines) is 1. The Kier molecular flexibility index (Phi) is 6.89. The van der Waals surface area contributed by atoms with E-state index in [2.05, 4.69) is 16.5 Å². The first kappa shape index (κ1) is 27.7. The molecule has 0 aromatic carbocycles. The second-order valence-electron chi connectivity index (χ2n) is 10.0. The molecule has 2 aromatic rings. The van der Waals surface area contributed by atoms with E-state index in [-0.39, 0.29) is 36.6 Å². The second-order valence-corrected chi connectivity index (χ2v) is 10.0. The highest BCUT2D eigenvalue weighted by Crippen LogP contribution is 2.50. The third-order valence-corrected chi connectivity index (χ3v) is 7.47. The largest absolute Gasteiger partial charge is 0.474 e. The molecule has 2 saturated heterocycles. The Labute approximate surface area is 225 Å². The number of nitriles is 1. The Morgan fingerprint density at radius 1 is 1.07 bits per heavy atom. The van der Waals surface area contributed by atoms with Crippen LogP contribution in [-0.4, -0.2) is 58.2 Å². The number of anilines is 2. The zero-order valence-corrected chi connectivity index (χ0v) is 21.1. The molecule has 0 radical (unpaired) electrons. The topological polar surface area (TPSA) is 85.6 Å². The molecule has 1 amide bonds. The van der Waals surface area contributed by atoms with Crippen LogP contribution in [-0.2, 0) is 11.0 Å². The third kappa shape index (κ3) is 5.05. The van der Waals surface area contributed by atoms with Crippen LogP contribution in [0.4, 0.5) is 37.7 Å². The maximum absolute atomic E-state index is 13.6. The minimum atomic E-state index is -4.85. The van der Waals surface area contributed by atoms with Crippen LogP contribution in [0.2, 0.25) is 0 Å². The van der Waals surface area contributed by atoms with Crippen LogP contribution < -0.4 is 14.5 Å². The molecule has 1 saturated carbocycles. The predicted octanol–water partition coefficient (Wildman–Crippen LogP) is 5.02. The lowest BCUT2D eigenvalue weighted by molar-refractivity contribution is -0.149. The first-order chi connectivity index (χ1) is 18.8. The molecule has 4 heterocycles. The van der Waals surface area contributed by atoms with Crippen molar-refractivity contribution < 1.29 is 35.9 Å². The van der Waals surface area contributed by atoms with Crippen LogP contribution in [0.5, 0.6) is 5.88 Å². The lowest BCUT2D eigenvalue weighted by Gasteiger charge is -2.43. The maximum atomic E-state index is 13.6. The molecule has 212 valence electrons. The summed E-state index contributed by atoms with van der Waals surface area (Å²) >= 11 is 0. The predicted molar refractivity (Wildman–Crippen MR) is 130 cm³/mol. The first-order valence-corrected chi connectivity index (χ1v) is 12.6. The molecule has 40 heavy (non-hydrogen) atoms. The Morgan fingerprint density at radius 3 is 2.27 bits per heavy atom. The normalized spacial score (nSPS) is 20.1. The summed E-state index contributed by atoms with van der Waals surface area (Å²) in [5.41, 5.74) is -2.76. The smallest absolute Gasteiger partial charge is 0.419 e. The highest BCUT2D eigenvalue weighted by Gasteiger charge is 2.59. The second kappa shape index (κ2) is 9.96. The van der Waals surface area contributed by atoms with Gasteiger partial charge in [-0.2, -0.15) is 31.6 Å². The summed E-state index contributed by atoms with van der Waals surface area (Å²) in [6, 6.07) is 5.38. The molecule has 1 aliphatic carbocycles. The van der Waals surface area contributed by atoms with Gasteiger partial charge in [-0.3, -0.25) is 14.6 Å². The van der Waals surface area contributed by atoms with E-state index in [4.69, 9.17) is 10.00 Å². The fraction of sp³-hybridized carbons (Fsp3) is 0.462. The summed E-state index contributed by atoms with van der Waals surface area (Å²) in [4.78, 5) is 25.6. The summed E-state index contributed by atoms with van der Waals surface area (Å²) in [6.07, 6.45) is -4.44. The van der Waals surface area contributed by atoms with E-state index in [0.717, 1.165) is 23.6 Å². The van der Waals surface area contributed by atoms with Crippen molar-refractivity contribution >= 4 is 17.3 Å². The average Bonchev–Trinajstić information content (AvgIpc) is 3.10. The Hall–Kier alpha value is -3.86. The molecule has 3 aliphatic rings. The number of nitrogens with zero attached hydrogens (tertiary/aromatic N) is 6. The van der Waals surface area contributed by atoms with E-state index < -0.39 is 41.6 Å². The number of rotatable bonds is 5. The van der Waals surface area contributed by atoms with Gasteiger partial charge < -0.3 is 9.64 Å². The summed E-state index contributed by atoms with van der Waals surface area (Å²) in [6.45, 7) is 3.53. The molecule has 0 bridgehead atoms. The number of hydrogen-bond donors (Lipinski definition) is 0. The molecule has 8 nitrogen and oxygen atoms in total. The number of hydrogen-bond acceptors (Lipinski definition) is 7. The van der Waals surface area contributed by atoms with Gasteiger partial charge in [0.05, 0.1) is 35.9 Å². The fourth-order valence-electron chi connectivity index (χ4n) is 5.44. The molecule has 0 unspecified atom stereocenters. The highest BCUT2D eigenvalue weighted by molar-refractivity contribution is 6.10. The Balaban J connectivity index is 1.34. The molecular formula is C26H24F6N6O2. The van der Waals surface area contributed by atoms with Crippen LogP contribution >= 0.6 is 0 Å². The molecule has 2 aromatic heterocycles. The summed E-state index contributed by atoms with van der Waals surface area (Å²) in [5, 5.41) is 9.06. The van der Waals surface area contributed by atoms with Crippen molar-refractivity contribution in [1.29, 1.82) is 5.26 Å². The van der Waals surface area contributed by atoms with E-state index >= 15 is 0 Å². The van der Waals surface area contributed by atoms with Gasteiger partial charge in [-0.1, -0.05) is 6.58 Å². The SMILES string of the molecule is C=C1N(c2cnc(C#N)c(C(F)(F)F)c2)C(=O)C2(CCC2)N1c1ccc(OC2CCN(CC(F)(F)F)CC2)nc1. The van der Waals surface area contributed by atoms with E-state index in [1.807, 2.05) is 0 Å². The molecule has 5 rings (SSSR count). The van der Waals surface area contributed by atoms with Gasteiger partial charge in [-0.25, -0.2) is 9.97 Å². The highest BCUT2D eigenvalue weighted by atomic mass is 19.4. The van der Waals surface area contributed by atoms with Crippen molar-refractivity contribution in [1.82, 2.24) is 14.9 Å². The van der Waals surface area contributed by atoms with E-state index in [9.17, 15) is 31.1 Å². The monoisotopic (exact) mass is 566 g/mol.